The Morgan fingerprint density at radius 1 is 1.33 bits per heavy atom. The summed E-state index contributed by atoms with van der Waals surface area (Å²) in [6.07, 6.45) is 2.61. The summed E-state index contributed by atoms with van der Waals surface area (Å²) in [6, 6.07) is 0. The van der Waals surface area contributed by atoms with Gasteiger partial charge in [-0.1, -0.05) is 6.92 Å². The largest absolute Gasteiger partial charge is 0.444 e. The van der Waals surface area contributed by atoms with Crippen LogP contribution in [-0.4, -0.2) is 67.4 Å². The fraction of sp³-hybridized carbons (Fsp3) is 0.938. The molecule has 0 bridgehead atoms. The van der Waals surface area contributed by atoms with Gasteiger partial charge in [-0.3, -0.25) is 0 Å². The molecule has 124 valence electrons. The molecule has 1 fully saturated rings. The highest BCUT2D eigenvalue weighted by Crippen LogP contribution is 2.30. The van der Waals surface area contributed by atoms with Crippen LogP contribution in [-0.2, 0) is 9.47 Å². The molecule has 21 heavy (non-hydrogen) atoms. The first-order valence-corrected chi connectivity index (χ1v) is 7.94. The molecule has 1 amide bonds. The summed E-state index contributed by atoms with van der Waals surface area (Å²) < 4.78 is 11.6. The average molecular weight is 300 g/mol. The molecule has 1 saturated heterocycles. The molecule has 5 nitrogen and oxygen atoms in total. The van der Waals surface area contributed by atoms with Crippen LogP contribution in [0.4, 0.5) is 4.79 Å². The zero-order valence-corrected chi connectivity index (χ0v) is 14.6. The quantitative estimate of drug-likeness (QED) is 0.707. The molecule has 1 unspecified atom stereocenters. The molecule has 1 atom stereocenters. The number of hydrogen-bond donors (Lipinski definition) is 0. The van der Waals surface area contributed by atoms with Crippen LogP contribution in [0.1, 0.15) is 47.0 Å². The fourth-order valence-electron chi connectivity index (χ4n) is 2.50. The third-order valence-corrected chi connectivity index (χ3v) is 3.77. The highest BCUT2D eigenvalue weighted by molar-refractivity contribution is 5.68. The second-order valence-electron chi connectivity index (χ2n) is 7.19. The molecule has 0 N–H and O–H groups in total. The zero-order valence-electron chi connectivity index (χ0n) is 14.6. The van der Waals surface area contributed by atoms with Crippen LogP contribution in [0.2, 0.25) is 0 Å². The van der Waals surface area contributed by atoms with E-state index in [1.807, 2.05) is 20.8 Å². The summed E-state index contributed by atoms with van der Waals surface area (Å²) in [7, 11) is 4.13. The smallest absolute Gasteiger partial charge is 0.410 e. The number of nitrogens with zero attached hydrogens (tertiary/aromatic N) is 2. The fourth-order valence-corrected chi connectivity index (χ4v) is 2.50. The predicted octanol–water partition coefficient (Wildman–Crippen LogP) is 2.74. The van der Waals surface area contributed by atoms with Gasteiger partial charge in [0, 0.05) is 13.2 Å². The number of ether oxygens (including phenoxy) is 2. The minimum Gasteiger partial charge on any atom is -0.444 e. The van der Waals surface area contributed by atoms with Crippen molar-refractivity contribution in [3.05, 3.63) is 0 Å². The number of likely N-dealkylation sites (tertiary alicyclic amines) is 1. The molecule has 0 aliphatic carbocycles. The van der Waals surface area contributed by atoms with Crippen molar-refractivity contribution in [3.63, 3.8) is 0 Å². The molecule has 1 aliphatic heterocycles. The minimum absolute atomic E-state index is 0.191. The van der Waals surface area contributed by atoms with Crippen molar-refractivity contribution in [3.8, 4) is 0 Å². The number of amides is 1. The second kappa shape index (κ2) is 7.45. The van der Waals surface area contributed by atoms with E-state index in [0.717, 1.165) is 39.0 Å². The molecule has 1 heterocycles. The zero-order chi connectivity index (χ0) is 16.1. The average Bonchev–Trinajstić information content (AvgIpc) is 2.78. The van der Waals surface area contributed by atoms with Crippen molar-refractivity contribution in [1.29, 1.82) is 0 Å². The van der Waals surface area contributed by atoms with Crippen LogP contribution in [0.25, 0.3) is 0 Å². The van der Waals surface area contributed by atoms with Gasteiger partial charge in [0.25, 0.3) is 0 Å². The number of carbonyl (C=O) groups is 1. The Hall–Kier alpha value is -0.810. The first kappa shape index (κ1) is 18.2. The summed E-state index contributed by atoms with van der Waals surface area (Å²) in [6.45, 7) is 10.9. The molecule has 0 radical (unpaired) electrons. The van der Waals surface area contributed by atoms with E-state index < -0.39 is 5.60 Å². The maximum Gasteiger partial charge on any atom is 0.410 e. The van der Waals surface area contributed by atoms with Crippen LogP contribution in [0, 0.1) is 0 Å². The van der Waals surface area contributed by atoms with Crippen molar-refractivity contribution in [1.82, 2.24) is 9.80 Å². The van der Waals surface area contributed by atoms with E-state index in [1.165, 1.54) is 0 Å². The molecule has 0 aromatic carbocycles. The molecular weight excluding hydrogens is 268 g/mol. The van der Waals surface area contributed by atoms with Gasteiger partial charge in [0.15, 0.2) is 0 Å². The Balaban J connectivity index is 2.46. The van der Waals surface area contributed by atoms with Crippen molar-refractivity contribution >= 4 is 6.09 Å². The molecule has 0 saturated carbocycles. The van der Waals surface area contributed by atoms with E-state index in [4.69, 9.17) is 9.47 Å². The molecule has 5 heteroatoms. The Morgan fingerprint density at radius 2 is 2.00 bits per heavy atom. The first-order chi connectivity index (χ1) is 9.67. The van der Waals surface area contributed by atoms with Crippen molar-refractivity contribution in [2.75, 3.05) is 40.3 Å². The van der Waals surface area contributed by atoms with Crippen LogP contribution >= 0.6 is 0 Å². The van der Waals surface area contributed by atoms with Crippen LogP contribution in [0.15, 0.2) is 0 Å². The summed E-state index contributed by atoms with van der Waals surface area (Å²) in [5.41, 5.74) is -0.635. The number of carbonyl (C=O) groups excluding carboxylic acids is 1. The van der Waals surface area contributed by atoms with Gasteiger partial charge in [-0.25, -0.2) is 4.79 Å². The van der Waals surface area contributed by atoms with Crippen molar-refractivity contribution in [2.24, 2.45) is 0 Å². The normalized spacial score (nSPS) is 22.9. The summed E-state index contributed by atoms with van der Waals surface area (Å²) in [5.74, 6) is 0. The lowest BCUT2D eigenvalue weighted by Crippen LogP contribution is -2.40. The molecule has 0 aromatic rings. The Labute approximate surface area is 129 Å². The van der Waals surface area contributed by atoms with E-state index in [9.17, 15) is 4.79 Å². The molecule has 1 rings (SSSR count). The standard InChI is InChI=1S/C16H32N2O3/c1-7-16(20-12-8-10-17(5)6)9-11-18(13-16)14(19)21-15(2,3)4/h7-13H2,1-6H3. The Bertz CT molecular complexity index is 339. The van der Waals surface area contributed by atoms with Gasteiger partial charge in [0.1, 0.15) is 5.60 Å². The van der Waals surface area contributed by atoms with Crippen molar-refractivity contribution in [2.45, 2.75) is 58.2 Å². The maximum absolute atomic E-state index is 12.1. The first-order valence-electron chi connectivity index (χ1n) is 7.94. The van der Waals surface area contributed by atoms with Gasteiger partial charge in [0.2, 0.25) is 0 Å². The summed E-state index contributed by atoms with van der Waals surface area (Å²) in [4.78, 5) is 16.1. The van der Waals surface area contributed by atoms with Crippen molar-refractivity contribution < 1.29 is 14.3 Å². The highest BCUT2D eigenvalue weighted by atomic mass is 16.6. The van der Waals surface area contributed by atoms with Gasteiger partial charge in [-0.2, -0.15) is 0 Å². The van der Waals surface area contributed by atoms with Crippen LogP contribution in [0.3, 0.4) is 0 Å². The summed E-state index contributed by atoms with van der Waals surface area (Å²) in [5, 5.41) is 0. The molecule has 1 aliphatic rings. The van der Waals surface area contributed by atoms with E-state index in [-0.39, 0.29) is 11.7 Å². The monoisotopic (exact) mass is 300 g/mol. The van der Waals surface area contributed by atoms with Gasteiger partial charge in [-0.05, 0) is 60.7 Å². The Kier molecular flexibility index (Phi) is 6.47. The third-order valence-electron chi connectivity index (χ3n) is 3.77. The maximum atomic E-state index is 12.1. The molecule has 0 aromatic heterocycles. The van der Waals surface area contributed by atoms with Gasteiger partial charge >= 0.3 is 6.09 Å². The van der Waals surface area contributed by atoms with E-state index in [0.29, 0.717) is 6.54 Å². The molecule has 0 spiro atoms. The number of rotatable bonds is 6. The van der Waals surface area contributed by atoms with Gasteiger partial charge < -0.3 is 19.3 Å². The lowest BCUT2D eigenvalue weighted by molar-refractivity contribution is -0.0444. The lowest BCUT2D eigenvalue weighted by Gasteiger charge is -2.29. The lowest BCUT2D eigenvalue weighted by atomic mass is 10.00. The Morgan fingerprint density at radius 3 is 2.52 bits per heavy atom. The SMILES string of the molecule is CCC1(OCCCN(C)C)CCN(C(=O)OC(C)(C)C)C1. The second-order valence-corrected chi connectivity index (χ2v) is 7.19. The molecular formula is C16H32N2O3. The van der Waals surface area contributed by atoms with E-state index >= 15 is 0 Å². The van der Waals surface area contributed by atoms with Crippen LogP contribution in [0.5, 0.6) is 0 Å². The van der Waals surface area contributed by atoms with Gasteiger partial charge in [-0.15, -0.1) is 0 Å². The topological polar surface area (TPSA) is 42.0 Å². The summed E-state index contributed by atoms with van der Waals surface area (Å²) >= 11 is 0. The number of hydrogen-bond acceptors (Lipinski definition) is 4. The van der Waals surface area contributed by atoms with E-state index in [1.54, 1.807) is 4.90 Å². The van der Waals surface area contributed by atoms with E-state index in [2.05, 4.69) is 25.9 Å². The predicted molar refractivity (Wildman–Crippen MR) is 84.6 cm³/mol. The van der Waals surface area contributed by atoms with Gasteiger partial charge in [0.05, 0.1) is 12.1 Å². The third kappa shape index (κ3) is 6.22. The van der Waals surface area contributed by atoms with Crippen LogP contribution < -0.4 is 0 Å². The minimum atomic E-state index is -0.443. The highest BCUT2D eigenvalue weighted by Gasteiger charge is 2.40.